The molecule has 0 aliphatic carbocycles. The fraction of sp³-hybridized carbons (Fsp3) is 0.333. The lowest BCUT2D eigenvalue weighted by molar-refractivity contribution is 0.0956. The minimum absolute atomic E-state index is 0.153. The van der Waals surface area contributed by atoms with E-state index in [9.17, 15) is 9.59 Å². The molecule has 0 saturated carbocycles. The highest BCUT2D eigenvalue weighted by atomic mass is 16.5. The third-order valence-corrected chi connectivity index (χ3v) is 5.67. The van der Waals surface area contributed by atoms with Crippen molar-refractivity contribution in [3.63, 3.8) is 0 Å². The zero-order chi connectivity index (χ0) is 22.2. The fourth-order valence-electron chi connectivity index (χ4n) is 4.21. The van der Waals surface area contributed by atoms with Gasteiger partial charge in [0.2, 0.25) is 11.8 Å². The molecule has 11 nitrogen and oxygen atoms in total. The average molecular weight is 434 g/mol. The highest BCUT2D eigenvalue weighted by molar-refractivity contribution is 6.10. The standard InChI is InChI=1S/C21H22N8O3/c1-2-23-21-24-10-15-18(26-21)28-8-4-7-14(28)11-29(20(15)31)13-6-3-5-12(9-13)17-25-19(16(22)30)32-27-17/h3,5-6,9-10,14H,2,4,7-8,11H2,1H3,(H2,22,30)(H,23,24,26)/t14-/m0/s1. The van der Waals surface area contributed by atoms with E-state index in [1.165, 1.54) is 0 Å². The minimum atomic E-state index is -0.794. The summed E-state index contributed by atoms with van der Waals surface area (Å²) in [7, 11) is 0. The van der Waals surface area contributed by atoms with E-state index in [-0.39, 0.29) is 23.7 Å². The number of aromatic nitrogens is 4. The topological polar surface area (TPSA) is 143 Å². The molecule has 0 spiro atoms. The van der Waals surface area contributed by atoms with Crippen LogP contribution in [0.1, 0.15) is 40.8 Å². The van der Waals surface area contributed by atoms with Crippen molar-refractivity contribution in [2.24, 2.45) is 5.73 Å². The molecule has 1 aromatic carbocycles. The summed E-state index contributed by atoms with van der Waals surface area (Å²) >= 11 is 0. The largest absolute Gasteiger partial charge is 0.361 e. The minimum Gasteiger partial charge on any atom is -0.361 e. The van der Waals surface area contributed by atoms with Crippen LogP contribution in [0.25, 0.3) is 11.4 Å². The molecule has 0 unspecified atom stereocenters. The van der Waals surface area contributed by atoms with Gasteiger partial charge in [0.1, 0.15) is 11.4 Å². The number of nitrogens with two attached hydrogens (primary N) is 1. The first-order chi connectivity index (χ1) is 15.5. The van der Waals surface area contributed by atoms with Crippen LogP contribution in [-0.2, 0) is 0 Å². The maximum absolute atomic E-state index is 13.6. The van der Waals surface area contributed by atoms with E-state index in [1.54, 1.807) is 29.3 Å². The van der Waals surface area contributed by atoms with Gasteiger partial charge in [0.15, 0.2) is 0 Å². The van der Waals surface area contributed by atoms with E-state index in [4.69, 9.17) is 10.3 Å². The molecule has 5 rings (SSSR count). The van der Waals surface area contributed by atoms with Crippen molar-refractivity contribution in [2.75, 3.05) is 34.8 Å². The highest BCUT2D eigenvalue weighted by Crippen LogP contribution is 2.34. The number of rotatable bonds is 5. The number of benzene rings is 1. The first kappa shape index (κ1) is 19.9. The Morgan fingerprint density at radius 1 is 1.34 bits per heavy atom. The van der Waals surface area contributed by atoms with Gasteiger partial charge in [-0.1, -0.05) is 17.3 Å². The number of carbonyl (C=O) groups excluding carboxylic acids is 2. The molecule has 2 aliphatic rings. The van der Waals surface area contributed by atoms with Crippen LogP contribution in [0.2, 0.25) is 0 Å². The van der Waals surface area contributed by atoms with Gasteiger partial charge in [0.25, 0.3) is 5.91 Å². The quantitative estimate of drug-likeness (QED) is 0.613. The Morgan fingerprint density at radius 3 is 3.00 bits per heavy atom. The maximum Gasteiger partial charge on any atom is 0.316 e. The molecule has 32 heavy (non-hydrogen) atoms. The molecule has 4 heterocycles. The Bertz CT molecular complexity index is 1190. The Balaban J connectivity index is 1.54. The molecule has 11 heteroatoms. The SMILES string of the molecule is CCNc1ncc2c(n1)N1CCC[C@H]1CN(c1cccc(-c3noc(C(N)=O)n3)c1)C2=O. The van der Waals surface area contributed by atoms with Crippen LogP contribution >= 0.6 is 0 Å². The lowest BCUT2D eigenvalue weighted by Gasteiger charge is -2.27. The van der Waals surface area contributed by atoms with E-state index in [0.29, 0.717) is 41.7 Å². The van der Waals surface area contributed by atoms with Crippen LogP contribution in [0, 0.1) is 0 Å². The number of nitrogens with one attached hydrogen (secondary N) is 1. The second-order valence-electron chi connectivity index (χ2n) is 7.70. The summed E-state index contributed by atoms with van der Waals surface area (Å²) < 4.78 is 4.90. The summed E-state index contributed by atoms with van der Waals surface area (Å²) in [5.41, 5.74) is 6.97. The van der Waals surface area contributed by atoms with Crippen molar-refractivity contribution >= 4 is 29.3 Å². The molecule has 0 radical (unpaired) electrons. The predicted molar refractivity (Wildman–Crippen MR) is 116 cm³/mol. The number of carbonyl (C=O) groups is 2. The van der Waals surface area contributed by atoms with Gasteiger partial charge in [-0.25, -0.2) is 4.98 Å². The van der Waals surface area contributed by atoms with Gasteiger partial charge >= 0.3 is 11.8 Å². The molecule has 3 N–H and O–H groups in total. The Kier molecular flexibility index (Phi) is 4.92. The van der Waals surface area contributed by atoms with Crippen LogP contribution in [0.3, 0.4) is 0 Å². The van der Waals surface area contributed by atoms with Gasteiger partial charge in [0, 0.05) is 43.1 Å². The first-order valence-electron chi connectivity index (χ1n) is 10.5. The highest BCUT2D eigenvalue weighted by Gasteiger charge is 2.37. The third-order valence-electron chi connectivity index (χ3n) is 5.67. The average Bonchev–Trinajstić information content (AvgIpc) is 3.45. The van der Waals surface area contributed by atoms with Crippen molar-refractivity contribution in [3.05, 3.63) is 41.9 Å². The molecule has 0 bridgehead atoms. The van der Waals surface area contributed by atoms with Gasteiger partial charge in [0.05, 0.1) is 0 Å². The Labute approximate surface area is 183 Å². The van der Waals surface area contributed by atoms with Crippen molar-refractivity contribution in [1.29, 1.82) is 0 Å². The molecular weight excluding hydrogens is 412 g/mol. The summed E-state index contributed by atoms with van der Waals surface area (Å²) in [6.07, 6.45) is 3.60. The van der Waals surface area contributed by atoms with Crippen LogP contribution < -0.4 is 20.9 Å². The van der Waals surface area contributed by atoms with Gasteiger partial charge < -0.3 is 25.4 Å². The van der Waals surface area contributed by atoms with Crippen LogP contribution in [0.15, 0.2) is 35.0 Å². The van der Waals surface area contributed by atoms with E-state index >= 15 is 0 Å². The lowest BCUT2D eigenvalue weighted by Crippen LogP contribution is -2.39. The third kappa shape index (κ3) is 3.41. The van der Waals surface area contributed by atoms with Crippen LogP contribution in [-0.4, -0.2) is 57.6 Å². The van der Waals surface area contributed by atoms with Gasteiger partial charge in [-0.05, 0) is 31.9 Å². The monoisotopic (exact) mass is 434 g/mol. The van der Waals surface area contributed by atoms with Crippen molar-refractivity contribution in [3.8, 4) is 11.4 Å². The Morgan fingerprint density at radius 2 is 2.22 bits per heavy atom. The molecule has 2 aliphatic heterocycles. The lowest BCUT2D eigenvalue weighted by atomic mass is 10.1. The predicted octanol–water partition coefficient (Wildman–Crippen LogP) is 1.69. The van der Waals surface area contributed by atoms with Crippen LogP contribution in [0.5, 0.6) is 0 Å². The fourth-order valence-corrected chi connectivity index (χ4v) is 4.21. The van der Waals surface area contributed by atoms with Gasteiger partial charge in [-0.2, -0.15) is 9.97 Å². The number of nitrogens with zero attached hydrogens (tertiary/aromatic N) is 6. The number of amides is 2. The second kappa shape index (κ2) is 7.91. The number of hydrogen-bond acceptors (Lipinski definition) is 9. The van der Waals surface area contributed by atoms with Crippen LogP contribution in [0.4, 0.5) is 17.5 Å². The molecule has 2 aromatic heterocycles. The molecule has 1 atom stereocenters. The number of fused-ring (bicyclic) bond motifs is 3. The number of primary amides is 1. The number of anilines is 3. The van der Waals surface area contributed by atoms with E-state index in [2.05, 4.69) is 30.3 Å². The maximum atomic E-state index is 13.6. The smallest absolute Gasteiger partial charge is 0.316 e. The van der Waals surface area contributed by atoms with Crippen molar-refractivity contribution in [2.45, 2.75) is 25.8 Å². The summed E-state index contributed by atoms with van der Waals surface area (Å²) in [6.45, 7) is 4.04. The van der Waals surface area contributed by atoms with Crippen molar-refractivity contribution < 1.29 is 14.1 Å². The normalized spacial score (nSPS) is 17.7. The summed E-state index contributed by atoms with van der Waals surface area (Å²) in [6, 6.07) is 7.39. The molecule has 3 aromatic rings. The summed E-state index contributed by atoms with van der Waals surface area (Å²) in [4.78, 5) is 41.8. The molecule has 1 fully saturated rings. The zero-order valence-electron chi connectivity index (χ0n) is 17.5. The molecular formula is C21H22N8O3. The molecule has 1 saturated heterocycles. The van der Waals surface area contributed by atoms with E-state index in [0.717, 1.165) is 19.4 Å². The zero-order valence-corrected chi connectivity index (χ0v) is 17.5. The van der Waals surface area contributed by atoms with Gasteiger partial charge in [-0.15, -0.1) is 0 Å². The van der Waals surface area contributed by atoms with Crippen molar-refractivity contribution in [1.82, 2.24) is 20.1 Å². The summed E-state index contributed by atoms with van der Waals surface area (Å²) in [5, 5.41) is 6.94. The van der Waals surface area contributed by atoms with E-state index < -0.39 is 5.91 Å². The molecule has 164 valence electrons. The van der Waals surface area contributed by atoms with E-state index in [1.807, 2.05) is 13.0 Å². The molecule has 2 amide bonds. The number of hydrogen-bond donors (Lipinski definition) is 2. The Hall–Kier alpha value is -4.02. The summed E-state index contributed by atoms with van der Waals surface area (Å²) in [5.74, 6) is 0.191. The second-order valence-corrected chi connectivity index (χ2v) is 7.70. The first-order valence-corrected chi connectivity index (χ1v) is 10.5. The van der Waals surface area contributed by atoms with Gasteiger partial charge in [-0.3, -0.25) is 9.59 Å².